The van der Waals surface area contributed by atoms with Gasteiger partial charge in [-0.05, 0) is 18.6 Å². The highest BCUT2D eigenvalue weighted by molar-refractivity contribution is 7.14. The lowest BCUT2D eigenvalue weighted by atomic mass is 10.3. The second-order valence-electron chi connectivity index (χ2n) is 4.35. The topological polar surface area (TPSA) is 47.8 Å². The molecule has 0 aliphatic carbocycles. The van der Waals surface area contributed by atoms with Crippen molar-refractivity contribution in [3.8, 4) is 0 Å². The zero-order valence-corrected chi connectivity index (χ0v) is 12.5. The van der Waals surface area contributed by atoms with Crippen molar-refractivity contribution in [3.63, 3.8) is 0 Å². The van der Waals surface area contributed by atoms with Crippen LogP contribution in [0.4, 0.5) is 0 Å². The summed E-state index contributed by atoms with van der Waals surface area (Å²) in [6, 6.07) is 3.94. The Hall–Kier alpha value is -1.49. The third kappa shape index (κ3) is 3.10. The van der Waals surface area contributed by atoms with Crippen molar-refractivity contribution in [1.29, 1.82) is 0 Å². The molecule has 2 aromatic heterocycles. The largest absolute Gasteiger partial charge is 0.291 e. The molecule has 19 heavy (non-hydrogen) atoms. The Labute approximate surface area is 117 Å². The third-order valence-electron chi connectivity index (χ3n) is 3.00. The monoisotopic (exact) mass is 277 g/mol. The predicted octanol–water partition coefficient (Wildman–Crippen LogP) is 2.91. The molecular formula is C14H19N3OS. The molecule has 0 radical (unpaired) electrons. The number of thiophene rings is 1. The fourth-order valence-corrected chi connectivity index (χ4v) is 2.77. The van der Waals surface area contributed by atoms with Crippen LogP contribution in [0.2, 0.25) is 0 Å². The quantitative estimate of drug-likeness (QED) is 0.763. The molecule has 0 saturated carbocycles. The third-order valence-corrected chi connectivity index (χ3v) is 4.27. The number of hydrogen-bond donors (Lipinski definition) is 0. The molecule has 102 valence electrons. The first kappa shape index (κ1) is 13.9. The van der Waals surface area contributed by atoms with Gasteiger partial charge in [0.2, 0.25) is 0 Å². The maximum absolute atomic E-state index is 12.2. The van der Waals surface area contributed by atoms with Crippen LogP contribution in [0.25, 0.3) is 0 Å². The van der Waals surface area contributed by atoms with E-state index in [1.54, 1.807) is 16.0 Å². The van der Waals surface area contributed by atoms with Crippen LogP contribution in [-0.4, -0.2) is 20.5 Å². The average molecular weight is 277 g/mol. The van der Waals surface area contributed by atoms with Crippen molar-refractivity contribution in [2.45, 2.75) is 46.6 Å². The average Bonchev–Trinajstić information content (AvgIpc) is 3.04. The number of carbonyl (C=O) groups is 1. The van der Waals surface area contributed by atoms with E-state index in [-0.39, 0.29) is 5.78 Å². The highest BCUT2D eigenvalue weighted by Gasteiger charge is 2.14. The molecule has 0 atom stereocenters. The van der Waals surface area contributed by atoms with Gasteiger partial charge in [-0.3, -0.25) is 4.79 Å². The summed E-state index contributed by atoms with van der Waals surface area (Å²) in [5.41, 5.74) is 0. The maximum atomic E-state index is 12.2. The summed E-state index contributed by atoms with van der Waals surface area (Å²) in [6.45, 7) is 6.44. The first-order chi connectivity index (χ1) is 9.17. The van der Waals surface area contributed by atoms with E-state index in [4.69, 9.17) is 0 Å². The van der Waals surface area contributed by atoms with E-state index in [0.29, 0.717) is 6.54 Å². The Kier molecular flexibility index (Phi) is 4.47. The van der Waals surface area contributed by atoms with Gasteiger partial charge >= 0.3 is 0 Å². The van der Waals surface area contributed by atoms with E-state index in [0.717, 1.165) is 35.8 Å². The molecule has 0 amide bonds. The fraction of sp³-hybridized carbons (Fsp3) is 0.500. The van der Waals surface area contributed by atoms with Crippen LogP contribution >= 0.6 is 11.3 Å². The molecule has 0 saturated heterocycles. The SMILES string of the molecule is CCc1nc(CC)n(CC(=O)c2ccc(CC)s2)n1. The molecule has 2 heterocycles. The lowest BCUT2D eigenvalue weighted by Gasteiger charge is -2.02. The van der Waals surface area contributed by atoms with Gasteiger partial charge in [0.15, 0.2) is 11.6 Å². The minimum Gasteiger partial charge on any atom is -0.291 e. The number of Topliss-reactive ketones (excluding diaryl/α,β-unsaturated/α-hetero) is 1. The summed E-state index contributed by atoms with van der Waals surface area (Å²) >= 11 is 1.58. The molecule has 0 aromatic carbocycles. The molecule has 4 nitrogen and oxygen atoms in total. The molecule has 0 aliphatic heterocycles. The maximum Gasteiger partial charge on any atom is 0.194 e. The standard InChI is InChI=1S/C14H19N3OS/c1-4-10-7-8-12(19-10)11(18)9-17-14(6-3)15-13(5-2)16-17/h7-8H,4-6,9H2,1-3H3. The van der Waals surface area contributed by atoms with Gasteiger partial charge in [0, 0.05) is 17.7 Å². The van der Waals surface area contributed by atoms with Crippen LogP contribution in [0, 0.1) is 0 Å². The van der Waals surface area contributed by atoms with Crippen LogP contribution in [0.15, 0.2) is 12.1 Å². The van der Waals surface area contributed by atoms with Crippen molar-refractivity contribution in [1.82, 2.24) is 14.8 Å². The zero-order valence-electron chi connectivity index (χ0n) is 11.6. The second kappa shape index (κ2) is 6.10. The van der Waals surface area contributed by atoms with Gasteiger partial charge in [0.1, 0.15) is 12.4 Å². The fourth-order valence-electron chi connectivity index (χ4n) is 1.90. The summed E-state index contributed by atoms with van der Waals surface area (Å²) < 4.78 is 1.74. The van der Waals surface area contributed by atoms with Gasteiger partial charge in [-0.1, -0.05) is 20.8 Å². The molecular weight excluding hydrogens is 258 g/mol. The molecule has 5 heteroatoms. The highest BCUT2D eigenvalue weighted by atomic mass is 32.1. The number of hydrogen-bond acceptors (Lipinski definition) is 4. The molecule has 2 rings (SSSR count). The summed E-state index contributed by atoms with van der Waals surface area (Å²) in [6.07, 6.45) is 2.57. The smallest absolute Gasteiger partial charge is 0.194 e. The Morgan fingerprint density at radius 1 is 1.21 bits per heavy atom. The van der Waals surface area contributed by atoms with E-state index in [1.165, 1.54) is 4.88 Å². The van der Waals surface area contributed by atoms with Crippen LogP contribution in [0.5, 0.6) is 0 Å². The van der Waals surface area contributed by atoms with Gasteiger partial charge in [0.25, 0.3) is 0 Å². The molecule has 0 spiro atoms. The van der Waals surface area contributed by atoms with Gasteiger partial charge in [-0.15, -0.1) is 11.3 Å². The normalized spacial score (nSPS) is 10.9. The van der Waals surface area contributed by atoms with Crippen molar-refractivity contribution in [2.24, 2.45) is 0 Å². The lowest BCUT2D eigenvalue weighted by molar-refractivity contribution is 0.0970. The minimum atomic E-state index is 0.118. The Morgan fingerprint density at radius 3 is 2.58 bits per heavy atom. The number of rotatable bonds is 6. The first-order valence-electron chi connectivity index (χ1n) is 6.72. The summed E-state index contributed by atoms with van der Waals surface area (Å²) in [5, 5.41) is 4.38. The summed E-state index contributed by atoms with van der Waals surface area (Å²) in [4.78, 5) is 18.7. The molecule has 0 aliphatic rings. The van der Waals surface area contributed by atoms with Gasteiger partial charge < -0.3 is 0 Å². The number of carbonyl (C=O) groups excluding carboxylic acids is 1. The summed E-state index contributed by atoms with van der Waals surface area (Å²) in [7, 11) is 0. The van der Waals surface area contributed by atoms with E-state index in [1.807, 2.05) is 26.0 Å². The van der Waals surface area contributed by atoms with E-state index < -0.39 is 0 Å². The Bertz CT molecular complexity index is 571. The van der Waals surface area contributed by atoms with Crippen LogP contribution in [-0.2, 0) is 25.8 Å². The lowest BCUT2D eigenvalue weighted by Crippen LogP contribution is -2.13. The minimum absolute atomic E-state index is 0.118. The van der Waals surface area contributed by atoms with Crippen LogP contribution < -0.4 is 0 Å². The van der Waals surface area contributed by atoms with Crippen molar-refractivity contribution in [3.05, 3.63) is 33.5 Å². The first-order valence-corrected chi connectivity index (χ1v) is 7.54. The highest BCUT2D eigenvalue weighted by Crippen LogP contribution is 2.18. The van der Waals surface area contributed by atoms with Crippen molar-refractivity contribution in [2.75, 3.05) is 0 Å². The molecule has 0 bridgehead atoms. The predicted molar refractivity (Wildman–Crippen MR) is 76.8 cm³/mol. The van der Waals surface area contributed by atoms with Gasteiger partial charge in [-0.25, -0.2) is 9.67 Å². The van der Waals surface area contributed by atoms with E-state index in [9.17, 15) is 4.79 Å². The number of aromatic nitrogens is 3. The number of nitrogens with zero attached hydrogens (tertiary/aromatic N) is 3. The Morgan fingerprint density at radius 2 is 2.00 bits per heavy atom. The zero-order chi connectivity index (χ0) is 13.8. The Balaban J connectivity index is 2.16. The molecule has 0 N–H and O–H groups in total. The second-order valence-corrected chi connectivity index (χ2v) is 5.52. The van der Waals surface area contributed by atoms with Crippen LogP contribution in [0.3, 0.4) is 0 Å². The molecule has 0 fully saturated rings. The molecule has 2 aromatic rings. The molecule has 0 unspecified atom stereocenters. The van der Waals surface area contributed by atoms with E-state index in [2.05, 4.69) is 17.0 Å². The van der Waals surface area contributed by atoms with Crippen molar-refractivity contribution < 1.29 is 4.79 Å². The van der Waals surface area contributed by atoms with E-state index >= 15 is 0 Å². The number of ketones is 1. The van der Waals surface area contributed by atoms with Crippen LogP contribution in [0.1, 0.15) is 47.0 Å². The van der Waals surface area contributed by atoms with Crippen molar-refractivity contribution >= 4 is 17.1 Å². The van der Waals surface area contributed by atoms with Gasteiger partial charge in [-0.2, -0.15) is 5.10 Å². The summed E-state index contributed by atoms with van der Waals surface area (Å²) in [5.74, 6) is 1.81. The van der Waals surface area contributed by atoms with Gasteiger partial charge in [0.05, 0.1) is 4.88 Å². The number of aryl methyl sites for hydroxylation is 3.